The Labute approximate surface area is 138 Å². The molecule has 7 nitrogen and oxygen atoms in total. The van der Waals surface area contributed by atoms with Gasteiger partial charge in [0.25, 0.3) is 5.91 Å². The molecule has 0 radical (unpaired) electrons. The van der Waals surface area contributed by atoms with Crippen LogP contribution in [0.15, 0.2) is 24.3 Å². The number of carboxylic acids is 1. The van der Waals surface area contributed by atoms with E-state index in [0.29, 0.717) is 23.6 Å². The predicted molar refractivity (Wildman–Crippen MR) is 86.3 cm³/mol. The standard InChI is InChI=1S/C17H18N2O5/c1-10-13(7-11-3-4-12(23-2)8-14(11)18-10)16(20)19-5-6-24-15(9-19)17(21)22/h3-4,7-8,15H,5-6,9H2,1-2H3,(H,21,22)/t15-/m0/s1. The van der Waals surface area contributed by atoms with Crippen molar-refractivity contribution in [2.75, 3.05) is 26.8 Å². The fourth-order valence-corrected chi connectivity index (χ4v) is 2.74. The molecule has 2 aromatic rings. The van der Waals surface area contributed by atoms with E-state index in [-0.39, 0.29) is 19.1 Å². The molecule has 1 amide bonds. The van der Waals surface area contributed by atoms with Crippen LogP contribution in [0.4, 0.5) is 0 Å². The lowest BCUT2D eigenvalue weighted by atomic mass is 10.1. The minimum Gasteiger partial charge on any atom is -0.497 e. The Kier molecular flexibility index (Phi) is 4.35. The number of ether oxygens (including phenoxy) is 2. The monoisotopic (exact) mass is 330 g/mol. The molecule has 1 atom stereocenters. The van der Waals surface area contributed by atoms with Gasteiger partial charge in [0, 0.05) is 18.0 Å². The van der Waals surface area contributed by atoms with E-state index < -0.39 is 12.1 Å². The van der Waals surface area contributed by atoms with Gasteiger partial charge in [-0.05, 0) is 25.1 Å². The van der Waals surface area contributed by atoms with Crippen LogP contribution in [-0.2, 0) is 9.53 Å². The third-order valence-electron chi connectivity index (χ3n) is 4.07. The van der Waals surface area contributed by atoms with Gasteiger partial charge < -0.3 is 19.5 Å². The first-order valence-corrected chi connectivity index (χ1v) is 7.58. The number of methoxy groups -OCH3 is 1. The molecule has 1 aromatic carbocycles. The number of nitrogens with zero attached hydrogens (tertiary/aromatic N) is 2. The van der Waals surface area contributed by atoms with Gasteiger partial charge in [-0.1, -0.05) is 0 Å². The molecule has 1 aliphatic heterocycles. The van der Waals surface area contributed by atoms with Gasteiger partial charge >= 0.3 is 5.97 Å². The number of hydrogen-bond acceptors (Lipinski definition) is 5. The zero-order chi connectivity index (χ0) is 17.3. The van der Waals surface area contributed by atoms with Crippen molar-refractivity contribution >= 4 is 22.8 Å². The lowest BCUT2D eigenvalue weighted by Gasteiger charge is -2.31. The Morgan fingerprint density at radius 1 is 1.38 bits per heavy atom. The second kappa shape index (κ2) is 6.45. The summed E-state index contributed by atoms with van der Waals surface area (Å²) in [5.41, 5.74) is 1.81. The quantitative estimate of drug-likeness (QED) is 0.917. The van der Waals surface area contributed by atoms with Crippen molar-refractivity contribution in [3.8, 4) is 5.75 Å². The van der Waals surface area contributed by atoms with Crippen molar-refractivity contribution in [3.63, 3.8) is 0 Å². The van der Waals surface area contributed by atoms with Crippen molar-refractivity contribution in [2.45, 2.75) is 13.0 Å². The second-order valence-corrected chi connectivity index (χ2v) is 5.63. The number of carboxylic acid groups (broad SMARTS) is 1. The van der Waals surface area contributed by atoms with Crippen LogP contribution >= 0.6 is 0 Å². The zero-order valence-corrected chi connectivity index (χ0v) is 13.5. The Hall–Kier alpha value is -2.67. The average molecular weight is 330 g/mol. The molecule has 0 spiro atoms. The van der Waals surface area contributed by atoms with Crippen molar-refractivity contribution in [1.29, 1.82) is 0 Å². The Morgan fingerprint density at radius 2 is 2.17 bits per heavy atom. The third kappa shape index (κ3) is 3.03. The Balaban J connectivity index is 1.92. The van der Waals surface area contributed by atoms with Crippen molar-refractivity contribution in [1.82, 2.24) is 9.88 Å². The SMILES string of the molecule is COc1ccc2cc(C(=O)N3CCO[C@H](C(=O)O)C3)c(C)nc2c1. The predicted octanol–water partition coefficient (Wildman–Crippen LogP) is 1.48. The van der Waals surface area contributed by atoms with Gasteiger partial charge in [-0.3, -0.25) is 9.78 Å². The van der Waals surface area contributed by atoms with Crippen LogP contribution in [0.2, 0.25) is 0 Å². The van der Waals surface area contributed by atoms with Gasteiger partial charge in [-0.15, -0.1) is 0 Å². The van der Waals surface area contributed by atoms with E-state index in [1.807, 2.05) is 18.2 Å². The fraction of sp³-hybridized carbons (Fsp3) is 0.353. The minimum absolute atomic E-state index is 0.0360. The number of carbonyl (C=O) groups is 2. The molecule has 2 heterocycles. The highest BCUT2D eigenvalue weighted by atomic mass is 16.5. The number of fused-ring (bicyclic) bond motifs is 1. The molecule has 1 saturated heterocycles. The van der Waals surface area contributed by atoms with E-state index >= 15 is 0 Å². The summed E-state index contributed by atoms with van der Waals surface area (Å²) in [6, 6.07) is 7.25. The molecule has 24 heavy (non-hydrogen) atoms. The number of amides is 1. The van der Waals surface area contributed by atoms with E-state index in [9.17, 15) is 9.59 Å². The van der Waals surface area contributed by atoms with Gasteiger partial charge in [-0.2, -0.15) is 0 Å². The highest BCUT2D eigenvalue weighted by Crippen LogP contribution is 2.23. The third-order valence-corrected chi connectivity index (χ3v) is 4.07. The van der Waals surface area contributed by atoms with Gasteiger partial charge in [0.2, 0.25) is 0 Å². The van der Waals surface area contributed by atoms with Gasteiger partial charge in [-0.25, -0.2) is 4.79 Å². The van der Waals surface area contributed by atoms with Gasteiger partial charge in [0.15, 0.2) is 6.10 Å². The molecule has 1 aliphatic rings. The summed E-state index contributed by atoms with van der Waals surface area (Å²) in [4.78, 5) is 29.8. The molecule has 1 fully saturated rings. The largest absolute Gasteiger partial charge is 0.497 e. The molecule has 3 rings (SSSR count). The summed E-state index contributed by atoms with van der Waals surface area (Å²) in [6.45, 7) is 2.37. The molecule has 126 valence electrons. The summed E-state index contributed by atoms with van der Waals surface area (Å²) < 4.78 is 10.3. The van der Waals surface area contributed by atoms with Crippen molar-refractivity contribution < 1.29 is 24.2 Å². The van der Waals surface area contributed by atoms with E-state index in [1.54, 1.807) is 20.1 Å². The molecular weight excluding hydrogens is 312 g/mol. The van der Waals surface area contributed by atoms with E-state index in [0.717, 1.165) is 10.9 Å². The second-order valence-electron chi connectivity index (χ2n) is 5.63. The summed E-state index contributed by atoms with van der Waals surface area (Å²) in [5.74, 6) is -0.592. The van der Waals surface area contributed by atoms with Crippen molar-refractivity contribution in [2.24, 2.45) is 0 Å². The average Bonchev–Trinajstić information content (AvgIpc) is 2.60. The Bertz CT molecular complexity index is 805. The summed E-state index contributed by atoms with van der Waals surface area (Å²) in [5, 5.41) is 9.89. The molecule has 7 heteroatoms. The highest BCUT2D eigenvalue weighted by Gasteiger charge is 2.30. The lowest BCUT2D eigenvalue weighted by molar-refractivity contribution is -0.154. The molecule has 0 bridgehead atoms. The van der Waals surface area contributed by atoms with Crippen LogP contribution in [0.1, 0.15) is 16.1 Å². The first kappa shape index (κ1) is 16.2. The smallest absolute Gasteiger partial charge is 0.334 e. The maximum atomic E-state index is 12.8. The van der Waals surface area contributed by atoms with Crippen LogP contribution < -0.4 is 4.74 Å². The number of pyridine rings is 1. The summed E-state index contributed by atoms with van der Waals surface area (Å²) in [6.07, 6.45) is -0.985. The fourth-order valence-electron chi connectivity index (χ4n) is 2.74. The van der Waals surface area contributed by atoms with Gasteiger partial charge in [0.05, 0.1) is 37.0 Å². The highest BCUT2D eigenvalue weighted by molar-refractivity contribution is 5.99. The molecular formula is C17H18N2O5. The number of hydrogen-bond donors (Lipinski definition) is 1. The van der Waals surface area contributed by atoms with Crippen molar-refractivity contribution in [3.05, 3.63) is 35.5 Å². The number of aryl methyl sites for hydroxylation is 1. The Morgan fingerprint density at radius 3 is 2.88 bits per heavy atom. The number of benzene rings is 1. The van der Waals surface area contributed by atoms with Gasteiger partial charge in [0.1, 0.15) is 5.75 Å². The van der Waals surface area contributed by atoms with Crippen LogP contribution in [0.25, 0.3) is 10.9 Å². The number of aromatic nitrogens is 1. The zero-order valence-electron chi connectivity index (χ0n) is 13.5. The number of aliphatic carboxylic acids is 1. The maximum absolute atomic E-state index is 12.8. The topological polar surface area (TPSA) is 89.0 Å². The lowest BCUT2D eigenvalue weighted by Crippen LogP contribution is -2.48. The number of carbonyl (C=O) groups excluding carboxylic acids is 1. The minimum atomic E-state index is -1.06. The van der Waals surface area contributed by atoms with Crippen LogP contribution in [0.3, 0.4) is 0 Å². The van der Waals surface area contributed by atoms with Crippen LogP contribution in [0, 0.1) is 6.92 Å². The number of rotatable bonds is 3. The molecule has 0 saturated carbocycles. The molecule has 0 aliphatic carbocycles. The number of morpholine rings is 1. The first-order chi connectivity index (χ1) is 11.5. The summed E-state index contributed by atoms with van der Waals surface area (Å²) >= 11 is 0. The van der Waals surface area contributed by atoms with Crippen LogP contribution in [-0.4, -0.2) is 59.8 Å². The first-order valence-electron chi connectivity index (χ1n) is 7.58. The molecule has 1 N–H and O–H groups in total. The van der Waals surface area contributed by atoms with E-state index in [4.69, 9.17) is 14.6 Å². The molecule has 1 aromatic heterocycles. The van der Waals surface area contributed by atoms with E-state index in [1.165, 1.54) is 4.90 Å². The summed E-state index contributed by atoms with van der Waals surface area (Å²) in [7, 11) is 1.59. The van der Waals surface area contributed by atoms with Crippen LogP contribution in [0.5, 0.6) is 5.75 Å². The molecule has 0 unspecified atom stereocenters. The normalized spacial score (nSPS) is 17.8. The maximum Gasteiger partial charge on any atom is 0.334 e. The van der Waals surface area contributed by atoms with E-state index in [2.05, 4.69) is 4.98 Å².